The Kier molecular flexibility index (Phi) is 3.43. The molecule has 2 atom stereocenters. The topological polar surface area (TPSA) is 17.8 Å². The second-order valence-corrected chi connectivity index (χ2v) is 6.51. The van der Waals surface area contributed by atoms with Crippen molar-refractivity contribution in [3.05, 3.63) is 28.9 Å². The van der Waals surface area contributed by atoms with Crippen LogP contribution in [0.25, 0.3) is 10.9 Å². The van der Waals surface area contributed by atoms with Crippen LogP contribution < -0.4 is 0 Å². The Bertz CT molecular complexity index is 675. The Morgan fingerprint density at radius 3 is 2.67 bits per heavy atom. The summed E-state index contributed by atoms with van der Waals surface area (Å²) in [6.07, 6.45) is -1.81. The standard InChI is InChI=1S/C15H16ClF3N2/c1-8(2)10-5-11(10)9-3-13(16)12-6-20-21(14(12)4-9)7-15(17,18)19/h3-4,6,8,10-11H,5,7H2,1-2H3/t10-,11-/m1/s1. The summed E-state index contributed by atoms with van der Waals surface area (Å²) in [4.78, 5) is 0. The van der Waals surface area contributed by atoms with Crippen LogP contribution in [0, 0.1) is 11.8 Å². The van der Waals surface area contributed by atoms with Crippen molar-refractivity contribution in [2.75, 3.05) is 0 Å². The van der Waals surface area contributed by atoms with Gasteiger partial charge < -0.3 is 0 Å². The molecule has 0 bridgehead atoms. The third-order valence-corrected chi connectivity index (χ3v) is 4.50. The molecule has 6 heteroatoms. The Morgan fingerprint density at radius 1 is 1.38 bits per heavy atom. The first-order valence-corrected chi connectivity index (χ1v) is 7.36. The highest BCUT2D eigenvalue weighted by Gasteiger charge is 2.40. The van der Waals surface area contributed by atoms with Gasteiger partial charge in [-0.1, -0.05) is 25.4 Å². The van der Waals surface area contributed by atoms with Crippen molar-refractivity contribution < 1.29 is 13.2 Å². The van der Waals surface area contributed by atoms with Crippen LogP contribution in [0.2, 0.25) is 5.02 Å². The van der Waals surface area contributed by atoms with Crippen LogP contribution in [0.4, 0.5) is 13.2 Å². The second-order valence-electron chi connectivity index (χ2n) is 6.10. The SMILES string of the molecule is CC(C)[C@H]1C[C@@H]1c1cc(Cl)c2cnn(CC(F)(F)F)c2c1. The highest BCUT2D eigenvalue weighted by Crippen LogP contribution is 2.52. The first-order chi connectivity index (χ1) is 9.76. The number of hydrogen-bond acceptors (Lipinski definition) is 1. The van der Waals surface area contributed by atoms with Gasteiger partial charge in [-0.25, -0.2) is 0 Å². The summed E-state index contributed by atoms with van der Waals surface area (Å²) in [6, 6.07) is 3.68. The molecule has 1 heterocycles. The lowest BCUT2D eigenvalue weighted by atomic mass is 10.0. The molecule has 1 fully saturated rings. The van der Waals surface area contributed by atoms with Gasteiger partial charge in [0.2, 0.25) is 0 Å². The van der Waals surface area contributed by atoms with Crippen molar-refractivity contribution in [3.63, 3.8) is 0 Å². The molecule has 0 unspecified atom stereocenters. The predicted octanol–water partition coefficient (Wildman–Crippen LogP) is 5.01. The molecule has 3 rings (SSSR count). The van der Waals surface area contributed by atoms with Crippen molar-refractivity contribution in [1.82, 2.24) is 9.78 Å². The number of nitrogens with zero attached hydrogens (tertiary/aromatic N) is 2. The minimum Gasteiger partial charge on any atom is -0.256 e. The summed E-state index contributed by atoms with van der Waals surface area (Å²) in [5.74, 6) is 1.57. The van der Waals surface area contributed by atoms with E-state index < -0.39 is 12.7 Å². The van der Waals surface area contributed by atoms with E-state index in [9.17, 15) is 13.2 Å². The third-order valence-electron chi connectivity index (χ3n) is 4.19. The summed E-state index contributed by atoms with van der Waals surface area (Å²) in [5.41, 5.74) is 1.49. The predicted molar refractivity (Wildman–Crippen MR) is 76.5 cm³/mol. The Labute approximate surface area is 125 Å². The smallest absolute Gasteiger partial charge is 0.256 e. The Hall–Kier alpha value is -1.23. The molecule has 0 amide bonds. The average molecular weight is 317 g/mol. The molecule has 1 aliphatic rings. The molecular formula is C15H16ClF3N2. The summed E-state index contributed by atoms with van der Waals surface area (Å²) < 4.78 is 38.8. The molecular weight excluding hydrogens is 301 g/mol. The number of halogens is 4. The fraction of sp³-hybridized carbons (Fsp3) is 0.533. The summed E-state index contributed by atoms with van der Waals surface area (Å²) >= 11 is 6.21. The van der Waals surface area contributed by atoms with Crippen molar-refractivity contribution >= 4 is 22.5 Å². The first kappa shape index (κ1) is 14.7. The Balaban J connectivity index is 2.00. The highest BCUT2D eigenvalue weighted by atomic mass is 35.5. The number of benzene rings is 1. The molecule has 0 spiro atoms. The van der Waals surface area contributed by atoms with Crippen LogP contribution in [0.15, 0.2) is 18.3 Å². The highest BCUT2D eigenvalue weighted by molar-refractivity contribution is 6.35. The van der Waals surface area contributed by atoms with Crippen LogP contribution in [0.3, 0.4) is 0 Å². The van der Waals surface area contributed by atoms with Crippen LogP contribution in [-0.2, 0) is 6.54 Å². The van der Waals surface area contributed by atoms with Gasteiger partial charge in [0.15, 0.2) is 0 Å². The molecule has 1 aromatic carbocycles. The van der Waals surface area contributed by atoms with Gasteiger partial charge in [-0.15, -0.1) is 0 Å². The normalized spacial score (nSPS) is 22.2. The maximum absolute atomic E-state index is 12.6. The number of rotatable bonds is 3. The fourth-order valence-electron chi connectivity index (χ4n) is 3.00. The van der Waals surface area contributed by atoms with E-state index in [-0.39, 0.29) is 0 Å². The van der Waals surface area contributed by atoms with E-state index in [4.69, 9.17) is 11.6 Å². The third kappa shape index (κ3) is 2.89. The first-order valence-electron chi connectivity index (χ1n) is 6.98. The van der Waals surface area contributed by atoms with Gasteiger partial charge in [0, 0.05) is 5.39 Å². The molecule has 2 aromatic rings. The quantitative estimate of drug-likeness (QED) is 0.778. The molecule has 0 saturated heterocycles. The van der Waals surface area contributed by atoms with E-state index in [0.29, 0.717) is 33.7 Å². The zero-order valence-electron chi connectivity index (χ0n) is 11.8. The number of fused-ring (bicyclic) bond motifs is 1. The molecule has 0 radical (unpaired) electrons. The molecule has 1 saturated carbocycles. The van der Waals surface area contributed by atoms with E-state index in [1.54, 1.807) is 0 Å². The monoisotopic (exact) mass is 316 g/mol. The molecule has 0 aliphatic heterocycles. The minimum absolute atomic E-state index is 0.404. The van der Waals surface area contributed by atoms with Crippen molar-refractivity contribution in [2.45, 2.75) is 38.9 Å². The summed E-state index contributed by atoms with van der Waals surface area (Å²) in [5, 5.41) is 4.88. The summed E-state index contributed by atoms with van der Waals surface area (Å²) in [7, 11) is 0. The molecule has 1 aromatic heterocycles. The van der Waals surface area contributed by atoms with Gasteiger partial charge in [-0.3, -0.25) is 4.68 Å². The maximum Gasteiger partial charge on any atom is 0.408 e. The maximum atomic E-state index is 12.6. The minimum atomic E-state index is -4.29. The van der Waals surface area contributed by atoms with Crippen molar-refractivity contribution in [3.8, 4) is 0 Å². The van der Waals surface area contributed by atoms with Gasteiger partial charge in [0.1, 0.15) is 6.54 Å². The van der Waals surface area contributed by atoms with Gasteiger partial charge >= 0.3 is 6.18 Å². The van der Waals surface area contributed by atoms with Gasteiger partial charge in [0.05, 0.1) is 16.7 Å². The molecule has 1 aliphatic carbocycles. The molecule has 0 N–H and O–H groups in total. The Morgan fingerprint density at radius 2 is 2.10 bits per heavy atom. The van der Waals surface area contributed by atoms with E-state index in [1.807, 2.05) is 12.1 Å². The van der Waals surface area contributed by atoms with Crippen LogP contribution in [0.5, 0.6) is 0 Å². The van der Waals surface area contributed by atoms with Crippen molar-refractivity contribution in [1.29, 1.82) is 0 Å². The van der Waals surface area contributed by atoms with Gasteiger partial charge in [0.25, 0.3) is 0 Å². The van der Waals surface area contributed by atoms with E-state index in [2.05, 4.69) is 18.9 Å². The molecule has 2 nitrogen and oxygen atoms in total. The van der Waals surface area contributed by atoms with Crippen LogP contribution >= 0.6 is 11.6 Å². The number of hydrogen-bond donors (Lipinski definition) is 0. The van der Waals surface area contributed by atoms with E-state index in [1.165, 1.54) is 6.20 Å². The van der Waals surface area contributed by atoms with E-state index in [0.717, 1.165) is 16.7 Å². The molecule has 114 valence electrons. The zero-order chi connectivity index (χ0) is 15.4. The lowest BCUT2D eigenvalue weighted by molar-refractivity contribution is -0.141. The zero-order valence-corrected chi connectivity index (χ0v) is 12.5. The van der Waals surface area contributed by atoms with Gasteiger partial charge in [-0.05, 0) is 41.9 Å². The average Bonchev–Trinajstić information content (AvgIpc) is 3.06. The van der Waals surface area contributed by atoms with Crippen molar-refractivity contribution in [2.24, 2.45) is 11.8 Å². The van der Waals surface area contributed by atoms with Crippen LogP contribution in [-0.4, -0.2) is 16.0 Å². The molecule has 21 heavy (non-hydrogen) atoms. The summed E-state index contributed by atoms with van der Waals surface area (Å²) in [6.45, 7) is 3.24. The number of alkyl halides is 3. The number of aromatic nitrogens is 2. The lowest BCUT2D eigenvalue weighted by Gasteiger charge is -2.09. The van der Waals surface area contributed by atoms with Gasteiger partial charge in [-0.2, -0.15) is 18.3 Å². The van der Waals surface area contributed by atoms with E-state index >= 15 is 0 Å². The van der Waals surface area contributed by atoms with Crippen LogP contribution in [0.1, 0.15) is 31.7 Å². The fourth-order valence-corrected chi connectivity index (χ4v) is 3.27. The second kappa shape index (κ2) is 4.90. The largest absolute Gasteiger partial charge is 0.408 e. The lowest BCUT2D eigenvalue weighted by Crippen LogP contribution is -2.18.